The predicted octanol–water partition coefficient (Wildman–Crippen LogP) is 22.0. The second kappa shape index (κ2) is 65.4. The Labute approximate surface area is 581 Å². The van der Waals surface area contributed by atoms with Crippen molar-refractivity contribution < 1.29 is 80.2 Å². The maximum absolute atomic E-state index is 13.1. The zero-order valence-corrected chi connectivity index (χ0v) is 64.1. The Bertz CT molecular complexity index is 1870. The van der Waals surface area contributed by atoms with Gasteiger partial charge in [0.1, 0.15) is 19.3 Å². The normalized spacial score (nSPS) is 14.1. The summed E-state index contributed by atoms with van der Waals surface area (Å²) >= 11 is 0. The van der Waals surface area contributed by atoms with Crippen molar-refractivity contribution in [3.63, 3.8) is 0 Å². The fourth-order valence-corrected chi connectivity index (χ4v) is 13.1. The molecule has 95 heavy (non-hydrogen) atoms. The molecule has 17 nitrogen and oxygen atoms in total. The molecule has 0 amide bonds. The zero-order valence-electron chi connectivity index (χ0n) is 62.3. The summed E-state index contributed by atoms with van der Waals surface area (Å²) in [6, 6.07) is 0. The first-order chi connectivity index (χ1) is 45.6. The molecule has 0 rings (SSSR count). The van der Waals surface area contributed by atoms with Crippen LogP contribution in [0.1, 0.15) is 383 Å². The number of ether oxygens (including phenoxy) is 4. The zero-order chi connectivity index (χ0) is 70.3. The molecule has 19 heteroatoms. The largest absolute Gasteiger partial charge is 0.472 e. The molecular formula is C76H148O17P2. The molecule has 5 atom stereocenters. The van der Waals surface area contributed by atoms with Crippen molar-refractivity contribution in [2.24, 2.45) is 23.7 Å². The van der Waals surface area contributed by atoms with Gasteiger partial charge in [0.15, 0.2) is 12.2 Å². The molecule has 0 aliphatic heterocycles. The van der Waals surface area contributed by atoms with Crippen LogP contribution in [-0.4, -0.2) is 96.7 Å². The molecule has 0 aromatic carbocycles. The van der Waals surface area contributed by atoms with Gasteiger partial charge in [-0.15, -0.1) is 0 Å². The van der Waals surface area contributed by atoms with E-state index in [1.54, 1.807) is 0 Å². The standard InChI is InChI=1S/C76H148O17P2/c1-66(2)52-44-36-28-22-18-14-11-9-10-12-16-20-24-32-42-50-58-75(80)92-71(62-86-73(78)56-48-40-31-27-26-30-38-46-54-68(5)6)64-90-94(82,83)88-60-70(77)61-89-95(84,85)91-65-72(63-87-74(79)57-49-41-35-34-39-47-55-69(7)8)93-76(81)59-51-43-33-25-21-17-13-15-19-23-29-37-45-53-67(3)4/h66-72,77H,9-65H2,1-8H3,(H,82,83)(H,84,85)/t70-,71-,72-/m1/s1. The molecule has 3 N–H and O–H groups in total. The first kappa shape index (κ1) is 93.1. The third kappa shape index (κ3) is 70.3. The van der Waals surface area contributed by atoms with Gasteiger partial charge in [0.25, 0.3) is 0 Å². The predicted molar refractivity (Wildman–Crippen MR) is 386 cm³/mol. The molecule has 0 aliphatic rings. The minimum atomic E-state index is -4.96. The molecule has 0 saturated carbocycles. The number of unbranched alkanes of at least 4 members (excludes halogenated alkanes) is 39. The molecule has 0 spiro atoms. The molecule has 0 heterocycles. The Morgan fingerprint density at radius 2 is 0.442 bits per heavy atom. The first-order valence-electron chi connectivity index (χ1n) is 39.2. The highest BCUT2D eigenvalue weighted by molar-refractivity contribution is 7.47. The van der Waals surface area contributed by atoms with Crippen LogP contribution in [0.15, 0.2) is 0 Å². The van der Waals surface area contributed by atoms with Gasteiger partial charge in [0.2, 0.25) is 0 Å². The Morgan fingerprint density at radius 1 is 0.263 bits per heavy atom. The third-order valence-electron chi connectivity index (χ3n) is 17.6. The van der Waals surface area contributed by atoms with Gasteiger partial charge in [-0.1, -0.05) is 331 Å². The van der Waals surface area contributed by atoms with E-state index in [9.17, 15) is 43.2 Å². The van der Waals surface area contributed by atoms with Crippen LogP contribution in [0.2, 0.25) is 0 Å². The van der Waals surface area contributed by atoms with Crippen LogP contribution in [0, 0.1) is 23.7 Å². The van der Waals surface area contributed by atoms with Gasteiger partial charge in [-0.2, -0.15) is 0 Å². The number of carbonyl (C=O) groups is 4. The maximum Gasteiger partial charge on any atom is 0.472 e. The van der Waals surface area contributed by atoms with E-state index in [1.807, 2.05) is 0 Å². The number of phosphoric acid groups is 2. The van der Waals surface area contributed by atoms with Gasteiger partial charge in [0.05, 0.1) is 26.4 Å². The molecule has 564 valence electrons. The average Bonchev–Trinajstić information content (AvgIpc) is 1.57. The molecule has 0 radical (unpaired) electrons. The van der Waals surface area contributed by atoms with E-state index < -0.39 is 97.5 Å². The second-order valence-corrected chi connectivity index (χ2v) is 32.2. The average molecular weight is 1400 g/mol. The van der Waals surface area contributed by atoms with Gasteiger partial charge in [-0.05, 0) is 49.4 Å². The van der Waals surface area contributed by atoms with Gasteiger partial charge >= 0.3 is 39.5 Å². The topological polar surface area (TPSA) is 237 Å². The molecule has 0 aromatic rings. The van der Waals surface area contributed by atoms with Crippen LogP contribution < -0.4 is 0 Å². The molecule has 0 aliphatic carbocycles. The Morgan fingerprint density at radius 3 is 0.653 bits per heavy atom. The van der Waals surface area contributed by atoms with E-state index in [2.05, 4.69) is 55.4 Å². The van der Waals surface area contributed by atoms with Gasteiger partial charge in [-0.3, -0.25) is 37.3 Å². The number of hydrogen-bond acceptors (Lipinski definition) is 15. The molecule has 0 aromatic heterocycles. The maximum atomic E-state index is 13.1. The number of hydrogen-bond donors (Lipinski definition) is 3. The van der Waals surface area contributed by atoms with E-state index in [0.717, 1.165) is 114 Å². The van der Waals surface area contributed by atoms with Gasteiger partial charge < -0.3 is 33.8 Å². The van der Waals surface area contributed by atoms with Crippen LogP contribution in [-0.2, 0) is 65.4 Å². The van der Waals surface area contributed by atoms with Crippen molar-refractivity contribution in [2.45, 2.75) is 401 Å². The monoisotopic (exact) mass is 1400 g/mol. The number of esters is 4. The van der Waals surface area contributed by atoms with Crippen LogP contribution in [0.4, 0.5) is 0 Å². The summed E-state index contributed by atoms with van der Waals surface area (Å²) in [5.74, 6) is 0.878. The van der Waals surface area contributed by atoms with E-state index in [-0.39, 0.29) is 25.7 Å². The van der Waals surface area contributed by atoms with E-state index in [0.29, 0.717) is 31.6 Å². The smallest absolute Gasteiger partial charge is 0.462 e. The lowest BCUT2D eigenvalue weighted by Gasteiger charge is -2.21. The lowest BCUT2D eigenvalue weighted by molar-refractivity contribution is -0.161. The third-order valence-corrected chi connectivity index (χ3v) is 19.5. The fourth-order valence-electron chi connectivity index (χ4n) is 11.6. The van der Waals surface area contributed by atoms with Gasteiger partial charge in [-0.25, -0.2) is 9.13 Å². The second-order valence-electron chi connectivity index (χ2n) is 29.3. The van der Waals surface area contributed by atoms with Crippen LogP contribution >= 0.6 is 15.6 Å². The summed E-state index contributed by atoms with van der Waals surface area (Å²) in [4.78, 5) is 72.7. The number of aliphatic hydroxyl groups excluding tert-OH is 1. The minimum Gasteiger partial charge on any atom is -0.462 e. The van der Waals surface area contributed by atoms with Crippen molar-refractivity contribution in [1.82, 2.24) is 0 Å². The Hall–Kier alpha value is -1.94. The Balaban J connectivity index is 5.20. The van der Waals surface area contributed by atoms with Gasteiger partial charge in [0, 0.05) is 25.7 Å². The first-order valence-corrected chi connectivity index (χ1v) is 42.2. The van der Waals surface area contributed by atoms with Crippen molar-refractivity contribution in [1.29, 1.82) is 0 Å². The van der Waals surface area contributed by atoms with E-state index >= 15 is 0 Å². The van der Waals surface area contributed by atoms with Crippen molar-refractivity contribution in [3.8, 4) is 0 Å². The molecule has 0 saturated heterocycles. The number of aliphatic hydroxyl groups is 1. The molecular weight excluding hydrogens is 1250 g/mol. The summed E-state index contributed by atoms with van der Waals surface area (Å²) in [5, 5.41) is 10.6. The minimum absolute atomic E-state index is 0.106. The summed E-state index contributed by atoms with van der Waals surface area (Å²) in [7, 11) is -9.91. The summed E-state index contributed by atoms with van der Waals surface area (Å²) in [6.45, 7) is 14.1. The number of phosphoric ester groups is 2. The molecule has 0 fully saturated rings. The lowest BCUT2D eigenvalue weighted by Crippen LogP contribution is -2.30. The summed E-state index contributed by atoms with van der Waals surface area (Å²) < 4.78 is 68.5. The number of rotatable bonds is 73. The van der Waals surface area contributed by atoms with Crippen LogP contribution in [0.3, 0.4) is 0 Å². The highest BCUT2D eigenvalue weighted by Crippen LogP contribution is 2.45. The molecule has 2 unspecified atom stereocenters. The van der Waals surface area contributed by atoms with E-state index in [1.165, 1.54) is 180 Å². The summed E-state index contributed by atoms with van der Waals surface area (Å²) in [5.41, 5.74) is 0. The SMILES string of the molecule is CC(C)CCCCCCCCCCCCCCCCCCC(=O)O[C@H](COC(=O)CCCCCCCCCCC(C)C)COP(=O)(O)OC[C@@H](O)COP(=O)(O)OC[C@@H](COC(=O)CCCCCCCCC(C)C)OC(=O)CCCCCCCCCCCCCCCC(C)C. The van der Waals surface area contributed by atoms with E-state index in [4.69, 9.17) is 37.0 Å². The van der Waals surface area contributed by atoms with Crippen molar-refractivity contribution in [2.75, 3.05) is 39.6 Å². The highest BCUT2D eigenvalue weighted by atomic mass is 31.2. The Kier molecular flexibility index (Phi) is 64.0. The van der Waals surface area contributed by atoms with Crippen molar-refractivity contribution in [3.05, 3.63) is 0 Å². The highest BCUT2D eigenvalue weighted by Gasteiger charge is 2.30. The van der Waals surface area contributed by atoms with Crippen molar-refractivity contribution >= 4 is 39.5 Å². The fraction of sp³-hybridized carbons (Fsp3) is 0.947. The van der Waals surface area contributed by atoms with Crippen LogP contribution in [0.5, 0.6) is 0 Å². The van der Waals surface area contributed by atoms with Crippen LogP contribution in [0.25, 0.3) is 0 Å². The quantitative estimate of drug-likeness (QED) is 0.0222. The summed E-state index contributed by atoms with van der Waals surface area (Å²) in [6.07, 6.45) is 50.2. The lowest BCUT2D eigenvalue weighted by atomic mass is 10.0. The number of carbonyl (C=O) groups excluding carboxylic acids is 4. The molecule has 0 bridgehead atoms.